The van der Waals surface area contributed by atoms with Crippen molar-refractivity contribution < 1.29 is 0 Å². The van der Waals surface area contributed by atoms with Gasteiger partial charge in [0.2, 0.25) is 0 Å². The Hall–Kier alpha value is -7.47. The Bertz CT molecular complexity index is 2980. The zero-order valence-electron chi connectivity index (χ0n) is 32.6. The van der Waals surface area contributed by atoms with Gasteiger partial charge in [0.25, 0.3) is 0 Å². The molecule has 0 aliphatic heterocycles. The van der Waals surface area contributed by atoms with Crippen LogP contribution in [-0.4, -0.2) is 20.1 Å². The monoisotopic (exact) mass is 786 g/mol. The van der Waals surface area contributed by atoms with E-state index in [1.807, 2.05) is 91.0 Å². The Kier molecular flexibility index (Phi) is 9.64. The zero-order valence-corrected chi connectivity index (χ0v) is 33.4. The van der Waals surface area contributed by atoms with Crippen molar-refractivity contribution in [3.8, 4) is 56.2 Å². The largest absolute Gasteiger partial charge is 0.293 e. The number of nitrogens with zero attached hydrogens (tertiary/aromatic N) is 2. The summed E-state index contributed by atoms with van der Waals surface area (Å²) in [5.41, 5.74) is 15.3. The van der Waals surface area contributed by atoms with Crippen LogP contribution in [0.25, 0.3) is 56.2 Å². The van der Waals surface area contributed by atoms with Gasteiger partial charge >= 0.3 is 0 Å². The average Bonchev–Trinajstić information content (AvgIpc) is 3.63. The van der Waals surface area contributed by atoms with E-state index in [1.165, 1.54) is 33.4 Å². The van der Waals surface area contributed by atoms with Gasteiger partial charge in [-0.25, -0.2) is 9.97 Å². The minimum Gasteiger partial charge on any atom is -0.293 e. The lowest BCUT2D eigenvalue weighted by atomic mass is 9.67. The van der Waals surface area contributed by atoms with E-state index in [0.717, 1.165) is 62.1 Å². The highest BCUT2D eigenvalue weighted by molar-refractivity contribution is 8.27. The zero-order chi connectivity index (χ0) is 40.5. The van der Waals surface area contributed by atoms with Crippen LogP contribution in [0.3, 0.4) is 0 Å². The van der Waals surface area contributed by atoms with E-state index in [2.05, 4.69) is 127 Å². The molecule has 1 aliphatic carbocycles. The lowest BCUT2D eigenvalue weighted by molar-refractivity contribution is 0.769. The van der Waals surface area contributed by atoms with Crippen LogP contribution in [0.5, 0.6) is 0 Å². The van der Waals surface area contributed by atoms with Crippen molar-refractivity contribution in [1.82, 2.24) is 9.97 Å². The third-order valence-corrected chi connectivity index (χ3v) is 12.3. The van der Waals surface area contributed by atoms with Gasteiger partial charge in [-0.05, 0) is 62.7 Å². The predicted molar refractivity (Wildman–Crippen MR) is 249 cm³/mol. The second kappa shape index (κ2) is 15.7. The number of hydrogen-bond donors (Lipinski definition) is 2. The first-order valence-corrected chi connectivity index (χ1v) is 20.8. The maximum atomic E-state index is 8.89. The van der Waals surface area contributed by atoms with Crippen molar-refractivity contribution in [2.24, 2.45) is 0 Å². The molecule has 0 unspecified atom stereocenters. The highest BCUT2D eigenvalue weighted by Gasteiger charge is 2.46. The fourth-order valence-electron chi connectivity index (χ4n) is 8.55. The smallest absolute Gasteiger partial charge is 0.160 e. The number of hydrogen-bond acceptors (Lipinski definition) is 5. The summed E-state index contributed by atoms with van der Waals surface area (Å²) in [6.07, 6.45) is 0. The Labute approximate surface area is 354 Å². The molecule has 0 bridgehead atoms. The molecule has 1 heterocycles. The van der Waals surface area contributed by atoms with Gasteiger partial charge in [-0.3, -0.25) is 10.8 Å². The summed E-state index contributed by atoms with van der Waals surface area (Å²) in [4.78, 5) is 10.2. The summed E-state index contributed by atoms with van der Waals surface area (Å²) >= 11 is 1.14. The molecule has 2 N–H and O–H groups in total. The van der Waals surface area contributed by atoms with Crippen LogP contribution in [0, 0.1) is 10.8 Å². The second-order valence-electron chi connectivity index (χ2n) is 14.9. The van der Waals surface area contributed by atoms with Crippen LogP contribution in [0.4, 0.5) is 0 Å². The molecule has 5 heteroatoms. The maximum absolute atomic E-state index is 8.89. The van der Waals surface area contributed by atoms with E-state index in [4.69, 9.17) is 20.8 Å². The molecule has 1 aromatic heterocycles. The van der Waals surface area contributed by atoms with Crippen LogP contribution in [0.15, 0.2) is 218 Å². The molecule has 0 fully saturated rings. The van der Waals surface area contributed by atoms with E-state index in [-0.39, 0.29) is 0 Å². The average molecular weight is 787 g/mol. The van der Waals surface area contributed by atoms with Crippen LogP contribution < -0.4 is 0 Å². The molecule has 0 amide bonds. The molecule has 0 saturated heterocycles. The number of fused-ring (bicyclic) bond motifs is 3. The van der Waals surface area contributed by atoms with Gasteiger partial charge in [0.1, 0.15) is 10.1 Å². The molecule has 60 heavy (non-hydrogen) atoms. The standard InChI is InChI=1S/C55H38N4S/c56-52(39-16-5-1-6-17-39)60-53(57)43-21-15-20-42(34-43)51-36-50(58-54(59-51)40-18-7-2-8-19-40)38-30-28-37(29-31-38)41-32-33-47-46-26-13-14-27-48(46)55(49(47)35-41,44-22-9-3-10-23-44)45-24-11-4-12-25-45/h1-36,56-57H. The first-order chi connectivity index (χ1) is 29.6. The van der Waals surface area contributed by atoms with Crippen molar-refractivity contribution >= 4 is 21.8 Å². The Morgan fingerprint density at radius 1 is 0.367 bits per heavy atom. The molecule has 4 nitrogen and oxygen atoms in total. The Morgan fingerprint density at radius 2 is 0.867 bits per heavy atom. The quantitative estimate of drug-likeness (QED) is 0.119. The lowest BCUT2D eigenvalue weighted by Crippen LogP contribution is -2.28. The van der Waals surface area contributed by atoms with Crippen molar-refractivity contribution in [1.29, 1.82) is 10.8 Å². The second-order valence-corrected chi connectivity index (χ2v) is 15.9. The molecule has 10 rings (SSSR count). The Balaban J connectivity index is 1.03. The summed E-state index contributed by atoms with van der Waals surface area (Å²) in [6, 6.07) is 75.8. The van der Waals surface area contributed by atoms with Crippen molar-refractivity contribution in [3.63, 3.8) is 0 Å². The van der Waals surface area contributed by atoms with E-state index >= 15 is 0 Å². The van der Waals surface area contributed by atoms with Gasteiger partial charge in [0.15, 0.2) is 5.82 Å². The van der Waals surface area contributed by atoms with Gasteiger partial charge < -0.3 is 0 Å². The molecular weight excluding hydrogens is 749 g/mol. The molecule has 9 aromatic rings. The fourth-order valence-corrected chi connectivity index (χ4v) is 9.25. The molecule has 0 radical (unpaired) electrons. The molecular formula is C55H38N4S. The SMILES string of the molecule is N=C(SC(=N)c1cccc(-c2cc(-c3ccc(-c4ccc5c(c4)C(c4ccccc4)(c4ccccc4)c4ccccc4-5)cc3)nc(-c3ccccc3)n2)c1)c1ccccc1. The van der Waals surface area contributed by atoms with Crippen LogP contribution in [0.2, 0.25) is 0 Å². The molecule has 0 atom stereocenters. The third kappa shape index (κ3) is 6.65. The molecule has 0 saturated carbocycles. The summed E-state index contributed by atoms with van der Waals surface area (Å²) in [5, 5.41) is 18.1. The molecule has 1 aliphatic rings. The topological polar surface area (TPSA) is 73.5 Å². The van der Waals surface area contributed by atoms with E-state index in [1.54, 1.807) is 0 Å². The van der Waals surface area contributed by atoms with Crippen LogP contribution in [-0.2, 0) is 5.41 Å². The molecule has 8 aromatic carbocycles. The van der Waals surface area contributed by atoms with Crippen molar-refractivity contribution in [2.75, 3.05) is 0 Å². The number of thioether (sulfide) groups is 1. The van der Waals surface area contributed by atoms with Crippen molar-refractivity contribution in [2.45, 2.75) is 5.41 Å². The Morgan fingerprint density at radius 3 is 1.55 bits per heavy atom. The highest BCUT2D eigenvalue weighted by atomic mass is 32.2. The van der Waals surface area contributed by atoms with Crippen molar-refractivity contribution in [3.05, 3.63) is 252 Å². The normalized spacial score (nSPS) is 12.3. The number of aromatic nitrogens is 2. The van der Waals surface area contributed by atoms with Gasteiger partial charge in [-0.1, -0.05) is 212 Å². The summed E-state index contributed by atoms with van der Waals surface area (Å²) in [5.74, 6) is 0.629. The molecule has 0 spiro atoms. The number of rotatable bonds is 8. The first-order valence-electron chi connectivity index (χ1n) is 20.0. The number of benzene rings is 8. The van der Waals surface area contributed by atoms with Gasteiger partial charge in [-0.2, -0.15) is 0 Å². The summed E-state index contributed by atoms with van der Waals surface area (Å²) in [7, 11) is 0. The van der Waals surface area contributed by atoms with E-state index in [0.29, 0.717) is 15.9 Å². The van der Waals surface area contributed by atoms with Gasteiger partial charge in [0.05, 0.1) is 16.8 Å². The maximum Gasteiger partial charge on any atom is 0.160 e. The van der Waals surface area contributed by atoms with Gasteiger partial charge in [-0.15, -0.1) is 0 Å². The lowest BCUT2D eigenvalue weighted by Gasteiger charge is -2.34. The fraction of sp³-hybridized carbons (Fsp3) is 0.0182. The van der Waals surface area contributed by atoms with Crippen LogP contribution >= 0.6 is 11.8 Å². The summed E-state index contributed by atoms with van der Waals surface area (Å²) in [6.45, 7) is 0. The minimum absolute atomic E-state index is 0.305. The van der Waals surface area contributed by atoms with E-state index in [9.17, 15) is 0 Å². The van der Waals surface area contributed by atoms with Gasteiger partial charge in [0, 0.05) is 27.8 Å². The highest BCUT2D eigenvalue weighted by Crippen LogP contribution is 2.56. The predicted octanol–water partition coefficient (Wildman–Crippen LogP) is 13.6. The molecule has 284 valence electrons. The van der Waals surface area contributed by atoms with E-state index < -0.39 is 5.41 Å². The first kappa shape index (κ1) is 36.8. The number of nitrogens with one attached hydrogen (secondary N) is 2. The third-order valence-electron chi connectivity index (χ3n) is 11.4. The summed E-state index contributed by atoms with van der Waals surface area (Å²) < 4.78 is 0. The van der Waals surface area contributed by atoms with Crippen LogP contribution in [0.1, 0.15) is 33.4 Å². The minimum atomic E-state index is -0.465.